The smallest absolute Gasteiger partial charge is 0.253 e. The summed E-state index contributed by atoms with van der Waals surface area (Å²) in [4.78, 5) is 3.95. The zero-order chi connectivity index (χ0) is 10.0. The number of hydrogen-bond acceptors (Lipinski definition) is 3. The van der Waals surface area contributed by atoms with Crippen LogP contribution in [0.25, 0.3) is 0 Å². The molecule has 0 fully saturated rings. The average molecular weight is 190 g/mol. The van der Waals surface area contributed by atoms with Crippen molar-refractivity contribution >= 4 is 0 Å². The van der Waals surface area contributed by atoms with Crippen LogP contribution in [0.4, 0.5) is 8.78 Å². The second kappa shape index (κ2) is 3.83. The molecule has 3 nitrogen and oxygen atoms in total. The van der Waals surface area contributed by atoms with Crippen molar-refractivity contribution in [2.75, 3.05) is 0 Å². The number of hydrogen-bond donors (Lipinski definition) is 1. The van der Waals surface area contributed by atoms with Crippen molar-refractivity contribution in [1.29, 1.82) is 0 Å². The van der Waals surface area contributed by atoms with Gasteiger partial charge in [0.05, 0.1) is 11.7 Å². The maximum Gasteiger partial charge on any atom is 0.253 e. The van der Waals surface area contributed by atoms with E-state index < -0.39 is 12.5 Å². The Morgan fingerprint density at radius 1 is 1.46 bits per heavy atom. The van der Waals surface area contributed by atoms with Crippen LogP contribution in [-0.2, 0) is 6.42 Å². The third kappa shape index (κ3) is 2.48. The fraction of sp³-hybridized carbons (Fsp3) is 0.625. The summed E-state index contributed by atoms with van der Waals surface area (Å²) in [5, 5.41) is 0. The molecule has 1 rings (SSSR count). The first kappa shape index (κ1) is 10.1. The molecular formula is C8H12F2N2O. The van der Waals surface area contributed by atoms with Crippen molar-refractivity contribution in [3.63, 3.8) is 0 Å². The van der Waals surface area contributed by atoms with Crippen LogP contribution >= 0.6 is 0 Å². The summed E-state index contributed by atoms with van der Waals surface area (Å²) in [6.07, 6.45) is -2.56. The number of halogens is 2. The number of aromatic nitrogens is 1. The highest BCUT2D eigenvalue weighted by Gasteiger charge is 2.18. The lowest BCUT2D eigenvalue weighted by Crippen LogP contribution is -2.31. The Morgan fingerprint density at radius 3 is 2.46 bits per heavy atom. The van der Waals surface area contributed by atoms with Gasteiger partial charge in [0, 0.05) is 6.42 Å². The SMILES string of the molecule is Cc1nc(CC(N)C(F)F)oc1C. The highest BCUT2D eigenvalue weighted by Crippen LogP contribution is 2.11. The molecule has 0 aliphatic rings. The van der Waals surface area contributed by atoms with Crippen LogP contribution in [0.1, 0.15) is 17.3 Å². The van der Waals surface area contributed by atoms with E-state index in [9.17, 15) is 8.78 Å². The number of oxazole rings is 1. The van der Waals surface area contributed by atoms with Gasteiger partial charge in [-0.15, -0.1) is 0 Å². The van der Waals surface area contributed by atoms with E-state index in [0.29, 0.717) is 5.76 Å². The standard InChI is InChI=1S/C8H12F2N2O/c1-4-5(2)13-7(12-4)3-6(11)8(9)10/h6,8H,3,11H2,1-2H3. The largest absolute Gasteiger partial charge is 0.446 e. The summed E-state index contributed by atoms with van der Waals surface area (Å²) in [5.74, 6) is 0.930. The molecule has 0 aliphatic carbocycles. The minimum Gasteiger partial charge on any atom is -0.446 e. The van der Waals surface area contributed by atoms with Gasteiger partial charge in [0.2, 0.25) is 0 Å². The first-order valence-corrected chi connectivity index (χ1v) is 3.97. The van der Waals surface area contributed by atoms with E-state index in [4.69, 9.17) is 10.2 Å². The normalized spacial score (nSPS) is 13.7. The van der Waals surface area contributed by atoms with Crippen LogP contribution in [0.2, 0.25) is 0 Å². The Kier molecular flexibility index (Phi) is 2.98. The van der Waals surface area contributed by atoms with Crippen molar-refractivity contribution in [2.24, 2.45) is 5.73 Å². The van der Waals surface area contributed by atoms with Crippen molar-refractivity contribution in [3.8, 4) is 0 Å². The molecule has 0 saturated carbocycles. The summed E-state index contributed by atoms with van der Waals surface area (Å²) in [5.41, 5.74) is 5.88. The van der Waals surface area contributed by atoms with E-state index in [1.807, 2.05) is 0 Å². The van der Waals surface area contributed by atoms with Crippen molar-refractivity contribution < 1.29 is 13.2 Å². The van der Waals surface area contributed by atoms with E-state index in [1.165, 1.54) is 0 Å². The summed E-state index contributed by atoms with van der Waals surface area (Å²) < 4.78 is 29.2. The quantitative estimate of drug-likeness (QED) is 0.784. The Hall–Kier alpha value is -0.970. The van der Waals surface area contributed by atoms with E-state index in [2.05, 4.69) is 4.98 Å². The maximum absolute atomic E-state index is 12.0. The van der Waals surface area contributed by atoms with Gasteiger partial charge in [0.25, 0.3) is 6.43 Å². The van der Waals surface area contributed by atoms with Gasteiger partial charge in [0.15, 0.2) is 5.89 Å². The van der Waals surface area contributed by atoms with Crippen LogP contribution in [0.15, 0.2) is 4.42 Å². The molecule has 1 atom stereocenters. The third-order valence-corrected chi connectivity index (χ3v) is 1.81. The summed E-state index contributed by atoms with van der Waals surface area (Å²) in [6.45, 7) is 3.50. The van der Waals surface area contributed by atoms with Crippen molar-refractivity contribution in [3.05, 3.63) is 17.3 Å². The van der Waals surface area contributed by atoms with E-state index in [0.717, 1.165) is 5.69 Å². The lowest BCUT2D eigenvalue weighted by molar-refractivity contribution is 0.112. The minimum absolute atomic E-state index is 0.0215. The molecule has 74 valence electrons. The van der Waals surface area contributed by atoms with E-state index in [-0.39, 0.29) is 12.3 Å². The van der Waals surface area contributed by atoms with Crippen LogP contribution in [0.5, 0.6) is 0 Å². The predicted molar refractivity (Wildman–Crippen MR) is 43.7 cm³/mol. The summed E-state index contributed by atoms with van der Waals surface area (Å²) in [6, 6.07) is -1.20. The molecular weight excluding hydrogens is 178 g/mol. The van der Waals surface area contributed by atoms with Gasteiger partial charge in [0.1, 0.15) is 5.76 Å². The zero-order valence-electron chi connectivity index (χ0n) is 7.55. The fourth-order valence-corrected chi connectivity index (χ4v) is 0.917. The summed E-state index contributed by atoms with van der Waals surface area (Å²) in [7, 11) is 0. The van der Waals surface area contributed by atoms with Gasteiger partial charge in [-0.1, -0.05) is 0 Å². The number of alkyl halides is 2. The third-order valence-electron chi connectivity index (χ3n) is 1.81. The first-order valence-electron chi connectivity index (χ1n) is 3.97. The summed E-state index contributed by atoms with van der Waals surface area (Å²) >= 11 is 0. The van der Waals surface area contributed by atoms with E-state index >= 15 is 0 Å². The van der Waals surface area contributed by atoms with Gasteiger partial charge in [-0.25, -0.2) is 13.8 Å². The van der Waals surface area contributed by atoms with Crippen LogP contribution in [0.3, 0.4) is 0 Å². The number of nitrogens with zero attached hydrogens (tertiary/aromatic N) is 1. The lowest BCUT2D eigenvalue weighted by Gasteiger charge is -2.06. The Morgan fingerprint density at radius 2 is 2.08 bits per heavy atom. The number of nitrogens with two attached hydrogens (primary N) is 1. The molecule has 0 radical (unpaired) electrons. The molecule has 1 aromatic rings. The van der Waals surface area contributed by atoms with Crippen LogP contribution < -0.4 is 5.73 Å². The lowest BCUT2D eigenvalue weighted by atomic mass is 10.2. The fourth-order valence-electron chi connectivity index (χ4n) is 0.917. The maximum atomic E-state index is 12.0. The molecule has 0 saturated heterocycles. The topological polar surface area (TPSA) is 52.0 Å². The molecule has 0 aliphatic heterocycles. The Labute approximate surface area is 74.9 Å². The molecule has 1 heterocycles. The van der Waals surface area contributed by atoms with Gasteiger partial charge < -0.3 is 10.2 Å². The van der Waals surface area contributed by atoms with Crippen molar-refractivity contribution in [1.82, 2.24) is 4.98 Å². The van der Waals surface area contributed by atoms with Crippen molar-refractivity contribution in [2.45, 2.75) is 32.7 Å². The molecule has 0 spiro atoms. The molecule has 0 amide bonds. The first-order chi connectivity index (χ1) is 6.00. The minimum atomic E-state index is -2.53. The van der Waals surface area contributed by atoms with Crippen LogP contribution in [-0.4, -0.2) is 17.5 Å². The van der Waals surface area contributed by atoms with Gasteiger partial charge in [-0.05, 0) is 13.8 Å². The van der Waals surface area contributed by atoms with E-state index in [1.54, 1.807) is 13.8 Å². The highest BCUT2D eigenvalue weighted by molar-refractivity contribution is 5.05. The Balaban J connectivity index is 2.64. The second-order valence-electron chi connectivity index (χ2n) is 2.95. The molecule has 0 aromatic carbocycles. The number of aryl methyl sites for hydroxylation is 2. The second-order valence-corrected chi connectivity index (χ2v) is 2.95. The predicted octanol–water partition coefficient (Wildman–Crippen LogP) is 1.43. The molecule has 1 aromatic heterocycles. The highest BCUT2D eigenvalue weighted by atomic mass is 19.3. The number of rotatable bonds is 3. The zero-order valence-corrected chi connectivity index (χ0v) is 7.55. The molecule has 5 heteroatoms. The molecule has 1 unspecified atom stereocenters. The monoisotopic (exact) mass is 190 g/mol. The molecule has 0 bridgehead atoms. The van der Waals surface area contributed by atoms with Crippen LogP contribution in [0, 0.1) is 13.8 Å². The van der Waals surface area contributed by atoms with Gasteiger partial charge in [-0.3, -0.25) is 0 Å². The van der Waals surface area contributed by atoms with Gasteiger partial charge in [-0.2, -0.15) is 0 Å². The Bertz CT molecular complexity index is 266. The molecule has 2 N–H and O–H groups in total. The average Bonchev–Trinajstić information content (AvgIpc) is 2.31. The molecule has 13 heavy (non-hydrogen) atoms. The van der Waals surface area contributed by atoms with Gasteiger partial charge >= 0.3 is 0 Å².